The quantitative estimate of drug-likeness (QED) is 0.190. The van der Waals surface area contributed by atoms with E-state index in [9.17, 15) is 19.2 Å². The van der Waals surface area contributed by atoms with E-state index >= 15 is 0 Å². The number of unbranched alkanes of at least 4 members (excludes halogenated alkanes) is 2. The number of nitrogens with one attached hydrogen (secondary N) is 1. The predicted molar refractivity (Wildman–Crippen MR) is 124 cm³/mol. The summed E-state index contributed by atoms with van der Waals surface area (Å²) in [6.07, 6.45) is 6.26. The standard InChI is InChI=1S/C25H35NO7/c1-3-8-20(9-4-2)25(32)33-23(24(31)26-17-7-5-6-10-21(27)28)19-14-11-18(12-15-19)13-16-22(29)30/h11-16,20,23H,3-10,17H2,1-2H3,(H,26,31)(H,27,28)(H,29,30). The molecule has 8 heteroatoms. The van der Waals surface area contributed by atoms with Gasteiger partial charge < -0.3 is 20.3 Å². The normalized spacial score (nSPS) is 12.0. The number of carbonyl (C=O) groups is 4. The van der Waals surface area contributed by atoms with Crippen molar-refractivity contribution in [2.45, 2.75) is 71.3 Å². The van der Waals surface area contributed by atoms with Crippen molar-refractivity contribution >= 4 is 29.9 Å². The highest BCUT2D eigenvalue weighted by molar-refractivity contribution is 5.86. The number of benzene rings is 1. The maximum absolute atomic E-state index is 12.9. The molecule has 0 radical (unpaired) electrons. The molecule has 1 atom stereocenters. The van der Waals surface area contributed by atoms with Gasteiger partial charge in [0.2, 0.25) is 6.10 Å². The van der Waals surface area contributed by atoms with E-state index in [1.165, 1.54) is 6.08 Å². The van der Waals surface area contributed by atoms with E-state index in [-0.39, 0.29) is 12.3 Å². The first-order valence-electron chi connectivity index (χ1n) is 11.5. The SMILES string of the molecule is CCCC(CCC)C(=O)OC(C(=O)NCCCCCC(=O)O)c1ccc(C=CC(=O)O)cc1. The maximum atomic E-state index is 12.9. The van der Waals surface area contributed by atoms with Crippen LogP contribution in [0.15, 0.2) is 30.3 Å². The Morgan fingerprint density at radius 1 is 0.970 bits per heavy atom. The largest absolute Gasteiger partial charge is 0.481 e. The summed E-state index contributed by atoms with van der Waals surface area (Å²) >= 11 is 0. The molecule has 33 heavy (non-hydrogen) atoms. The van der Waals surface area contributed by atoms with Gasteiger partial charge >= 0.3 is 17.9 Å². The fraction of sp³-hybridized carbons (Fsp3) is 0.520. The van der Waals surface area contributed by atoms with Crippen molar-refractivity contribution in [2.24, 2.45) is 5.92 Å². The minimum atomic E-state index is -1.12. The van der Waals surface area contributed by atoms with Crippen LogP contribution in [0.25, 0.3) is 6.08 Å². The second-order valence-corrected chi connectivity index (χ2v) is 7.92. The number of hydrogen-bond donors (Lipinski definition) is 3. The van der Waals surface area contributed by atoms with Crippen molar-refractivity contribution in [3.05, 3.63) is 41.5 Å². The summed E-state index contributed by atoms with van der Waals surface area (Å²) in [5.41, 5.74) is 1.13. The molecular weight excluding hydrogens is 426 g/mol. The molecule has 1 aromatic rings. The Labute approximate surface area is 195 Å². The molecule has 1 rings (SSSR count). The lowest BCUT2D eigenvalue weighted by atomic mass is 9.98. The molecule has 0 heterocycles. The van der Waals surface area contributed by atoms with E-state index in [0.29, 0.717) is 49.8 Å². The van der Waals surface area contributed by atoms with Crippen LogP contribution in [0.4, 0.5) is 0 Å². The molecule has 0 fully saturated rings. The van der Waals surface area contributed by atoms with Crippen LogP contribution in [-0.4, -0.2) is 40.6 Å². The topological polar surface area (TPSA) is 130 Å². The average molecular weight is 462 g/mol. The zero-order valence-corrected chi connectivity index (χ0v) is 19.4. The fourth-order valence-electron chi connectivity index (χ4n) is 3.39. The Kier molecular flexibility index (Phi) is 13.2. The van der Waals surface area contributed by atoms with Gasteiger partial charge in [-0.15, -0.1) is 0 Å². The van der Waals surface area contributed by atoms with E-state index in [4.69, 9.17) is 14.9 Å². The fourth-order valence-corrected chi connectivity index (χ4v) is 3.39. The molecule has 3 N–H and O–H groups in total. The molecule has 0 bridgehead atoms. The predicted octanol–water partition coefficient (Wildman–Crippen LogP) is 4.35. The van der Waals surface area contributed by atoms with Crippen LogP contribution in [0.3, 0.4) is 0 Å². The van der Waals surface area contributed by atoms with Crippen LogP contribution in [0, 0.1) is 5.92 Å². The van der Waals surface area contributed by atoms with E-state index in [0.717, 1.165) is 18.9 Å². The third-order valence-electron chi connectivity index (χ3n) is 5.10. The van der Waals surface area contributed by atoms with Gasteiger partial charge in [0.15, 0.2) is 0 Å². The molecule has 1 aromatic carbocycles. The average Bonchev–Trinajstić information content (AvgIpc) is 2.78. The molecule has 0 aliphatic rings. The molecular formula is C25H35NO7. The second-order valence-electron chi connectivity index (χ2n) is 7.92. The third kappa shape index (κ3) is 11.3. The number of amides is 1. The smallest absolute Gasteiger partial charge is 0.328 e. The van der Waals surface area contributed by atoms with Crippen molar-refractivity contribution in [3.63, 3.8) is 0 Å². The molecule has 0 spiro atoms. The van der Waals surface area contributed by atoms with Gasteiger partial charge in [-0.1, -0.05) is 57.4 Å². The van der Waals surface area contributed by atoms with Gasteiger partial charge in [0.25, 0.3) is 5.91 Å². The summed E-state index contributed by atoms with van der Waals surface area (Å²) in [7, 11) is 0. The van der Waals surface area contributed by atoms with E-state index in [1.54, 1.807) is 24.3 Å². The lowest BCUT2D eigenvalue weighted by Gasteiger charge is -2.22. The van der Waals surface area contributed by atoms with Gasteiger partial charge in [0, 0.05) is 24.6 Å². The summed E-state index contributed by atoms with van der Waals surface area (Å²) in [4.78, 5) is 47.0. The lowest BCUT2D eigenvalue weighted by Crippen LogP contribution is -2.34. The monoisotopic (exact) mass is 461 g/mol. The first-order chi connectivity index (χ1) is 15.8. The van der Waals surface area contributed by atoms with Crippen molar-refractivity contribution in [1.29, 1.82) is 0 Å². The maximum Gasteiger partial charge on any atom is 0.328 e. The van der Waals surface area contributed by atoms with Crippen LogP contribution in [0.2, 0.25) is 0 Å². The number of rotatable bonds is 16. The zero-order valence-electron chi connectivity index (χ0n) is 19.4. The van der Waals surface area contributed by atoms with Crippen molar-refractivity contribution in [3.8, 4) is 0 Å². The summed E-state index contributed by atoms with van der Waals surface area (Å²) in [5, 5.41) is 20.2. The summed E-state index contributed by atoms with van der Waals surface area (Å²) in [6.45, 7) is 4.33. The highest BCUT2D eigenvalue weighted by Crippen LogP contribution is 2.24. The molecule has 182 valence electrons. The van der Waals surface area contributed by atoms with Crippen molar-refractivity contribution in [1.82, 2.24) is 5.32 Å². The molecule has 1 unspecified atom stereocenters. The number of carboxylic acid groups (broad SMARTS) is 2. The number of esters is 1. The van der Waals surface area contributed by atoms with Crippen LogP contribution >= 0.6 is 0 Å². The van der Waals surface area contributed by atoms with Gasteiger partial charge in [-0.05, 0) is 37.3 Å². The molecule has 0 saturated carbocycles. The Bertz CT molecular complexity index is 795. The number of aliphatic carboxylic acids is 2. The van der Waals surface area contributed by atoms with Gasteiger partial charge in [-0.3, -0.25) is 14.4 Å². The van der Waals surface area contributed by atoms with Gasteiger partial charge in [-0.2, -0.15) is 0 Å². The Morgan fingerprint density at radius 3 is 2.15 bits per heavy atom. The zero-order chi connectivity index (χ0) is 24.6. The molecule has 0 aromatic heterocycles. The minimum absolute atomic E-state index is 0.0904. The van der Waals surface area contributed by atoms with E-state index < -0.39 is 29.9 Å². The summed E-state index contributed by atoms with van der Waals surface area (Å²) < 4.78 is 5.67. The number of carbonyl (C=O) groups excluding carboxylic acids is 2. The minimum Gasteiger partial charge on any atom is -0.481 e. The van der Waals surface area contributed by atoms with Crippen molar-refractivity contribution < 1.29 is 34.1 Å². The van der Waals surface area contributed by atoms with E-state index in [2.05, 4.69) is 5.32 Å². The first-order valence-corrected chi connectivity index (χ1v) is 11.5. The lowest BCUT2D eigenvalue weighted by molar-refractivity contribution is -0.161. The van der Waals surface area contributed by atoms with Gasteiger partial charge in [0.05, 0.1) is 5.92 Å². The molecule has 8 nitrogen and oxygen atoms in total. The van der Waals surface area contributed by atoms with Crippen LogP contribution in [0.5, 0.6) is 0 Å². The number of carboxylic acids is 2. The Morgan fingerprint density at radius 2 is 1.61 bits per heavy atom. The van der Waals surface area contributed by atoms with Crippen molar-refractivity contribution in [2.75, 3.05) is 6.54 Å². The third-order valence-corrected chi connectivity index (χ3v) is 5.10. The highest BCUT2D eigenvalue weighted by Gasteiger charge is 2.28. The van der Waals surface area contributed by atoms with Crippen LogP contribution in [-0.2, 0) is 23.9 Å². The van der Waals surface area contributed by atoms with Crippen LogP contribution < -0.4 is 5.32 Å². The Balaban J connectivity index is 2.91. The molecule has 0 aliphatic heterocycles. The second kappa shape index (κ2) is 15.6. The van der Waals surface area contributed by atoms with Gasteiger partial charge in [-0.25, -0.2) is 4.79 Å². The summed E-state index contributed by atoms with van der Waals surface area (Å²) in [5.74, 6) is -3.03. The Hall–Kier alpha value is -3.16. The molecule has 0 aliphatic carbocycles. The summed E-state index contributed by atoms with van der Waals surface area (Å²) in [6, 6.07) is 6.59. The van der Waals surface area contributed by atoms with Crippen LogP contribution in [0.1, 0.15) is 82.4 Å². The molecule has 0 saturated heterocycles. The number of ether oxygens (including phenoxy) is 1. The first kappa shape index (κ1) is 27.9. The number of hydrogen-bond acceptors (Lipinski definition) is 5. The van der Waals surface area contributed by atoms with E-state index in [1.807, 2.05) is 13.8 Å². The van der Waals surface area contributed by atoms with Gasteiger partial charge in [0.1, 0.15) is 0 Å². The highest BCUT2D eigenvalue weighted by atomic mass is 16.5. The molecule has 1 amide bonds.